The smallest absolute Gasteiger partial charge is 0.258 e. The van der Waals surface area contributed by atoms with Gasteiger partial charge in [0.1, 0.15) is 17.8 Å². The molecule has 0 aliphatic carbocycles. The van der Waals surface area contributed by atoms with Crippen LogP contribution < -0.4 is 15.8 Å². The highest BCUT2D eigenvalue weighted by molar-refractivity contribution is 6.05. The molecule has 1 heterocycles. The van der Waals surface area contributed by atoms with E-state index in [1.165, 1.54) is 6.26 Å². The summed E-state index contributed by atoms with van der Waals surface area (Å²) in [6.45, 7) is 1.77. The van der Waals surface area contributed by atoms with Crippen molar-refractivity contribution in [3.63, 3.8) is 0 Å². The molecule has 0 radical (unpaired) electrons. The van der Waals surface area contributed by atoms with Gasteiger partial charge in [-0.05, 0) is 25.1 Å². The van der Waals surface area contributed by atoms with E-state index < -0.39 is 0 Å². The van der Waals surface area contributed by atoms with Crippen molar-refractivity contribution in [3.8, 4) is 5.75 Å². The average molecular weight is 246 g/mol. The molecule has 5 heteroatoms. The number of benzene rings is 1. The molecule has 2 aromatic rings. The highest BCUT2D eigenvalue weighted by Crippen LogP contribution is 2.25. The van der Waals surface area contributed by atoms with Gasteiger partial charge < -0.3 is 20.2 Å². The highest BCUT2D eigenvalue weighted by Gasteiger charge is 2.11. The van der Waals surface area contributed by atoms with E-state index in [9.17, 15) is 4.79 Å². The van der Waals surface area contributed by atoms with Crippen molar-refractivity contribution in [2.75, 3.05) is 18.2 Å². The van der Waals surface area contributed by atoms with Gasteiger partial charge in [-0.1, -0.05) is 0 Å². The van der Waals surface area contributed by atoms with Gasteiger partial charge in [0.05, 0.1) is 24.0 Å². The molecule has 94 valence electrons. The average Bonchev–Trinajstić information content (AvgIpc) is 2.79. The second-order valence-electron chi connectivity index (χ2n) is 3.85. The molecule has 0 saturated carbocycles. The van der Waals surface area contributed by atoms with Crippen LogP contribution in [0.3, 0.4) is 0 Å². The Morgan fingerprint density at radius 1 is 1.39 bits per heavy atom. The van der Waals surface area contributed by atoms with Crippen LogP contribution in [0, 0.1) is 6.92 Å². The summed E-state index contributed by atoms with van der Waals surface area (Å²) in [6.07, 6.45) is 1.40. The van der Waals surface area contributed by atoms with Gasteiger partial charge in [0.15, 0.2) is 0 Å². The van der Waals surface area contributed by atoms with Gasteiger partial charge >= 0.3 is 0 Å². The first kappa shape index (κ1) is 12.0. The third-order valence-electron chi connectivity index (χ3n) is 2.50. The molecule has 2 rings (SSSR count). The molecule has 1 amide bonds. The number of carbonyl (C=O) groups excluding carboxylic acids is 1. The third kappa shape index (κ3) is 2.45. The van der Waals surface area contributed by atoms with E-state index in [1.807, 2.05) is 0 Å². The fourth-order valence-electron chi connectivity index (χ4n) is 1.53. The first-order valence-electron chi connectivity index (χ1n) is 5.40. The summed E-state index contributed by atoms with van der Waals surface area (Å²) in [4.78, 5) is 11.9. The van der Waals surface area contributed by atoms with E-state index in [2.05, 4.69) is 5.32 Å². The molecule has 5 nitrogen and oxygen atoms in total. The number of carbonyl (C=O) groups is 1. The lowest BCUT2D eigenvalue weighted by Gasteiger charge is -2.08. The molecule has 18 heavy (non-hydrogen) atoms. The molecular weight excluding hydrogens is 232 g/mol. The maximum absolute atomic E-state index is 11.9. The molecular formula is C13H14N2O3. The van der Waals surface area contributed by atoms with Gasteiger partial charge in [-0.2, -0.15) is 0 Å². The molecule has 0 bridgehead atoms. The molecule has 0 atom stereocenters. The Kier molecular flexibility index (Phi) is 3.23. The molecule has 0 aliphatic heterocycles. The van der Waals surface area contributed by atoms with Crippen LogP contribution in [0.1, 0.15) is 16.1 Å². The zero-order valence-electron chi connectivity index (χ0n) is 10.2. The number of amides is 1. The van der Waals surface area contributed by atoms with Crippen molar-refractivity contribution in [2.45, 2.75) is 6.92 Å². The number of methoxy groups -OCH3 is 1. The Balaban J connectivity index is 2.21. The predicted molar refractivity (Wildman–Crippen MR) is 68.8 cm³/mol. The number of rotatable bonds is 3. The first-order chi connectivity index (χ1) is 8.60. The summed E-state index contributed by atoms with van der Waals surface area (Å²) in [6, 6.07) is 6.73. The van der Waals surface area contributed by atoms with Crippen molar-refractivity contribution in [2.24, 2.45) is 0 Å². The van der Waals surface area contributed by atoms with Gasteiger partial charge in [0.2, 0.25) is 0 Å². The monoisotopic (exact) mass is 246 g/mol. The standard InChI is InChI=1S/C13H14N2O3/c1-8-5-9(7-18-8)13(16)15-12-6-10(17-2)3-4-11(12)14/h3-7H,14H2,1-2H3,(H,15,16). The number of nitrogen functional groups attached to an aromatic ring is 1. The Labute approximate surface area is 105 Å². The highest BCUT2D eigenvalue weighted by atomic mass is 16.5. The van der Waals surface area contributed by atoms with Crippen molar-refractivity contribution in [1.29, 1.82) is 0 Å². The lowest BCUT2D eigenvalue weighted by molar-refractivity contribution is 0.102. The van der Waals surface area contributed by atoms with Gasteiger partial charge in [0, 0.05) is 6.07 Å². The lowest BCUT2D eigenvalue weighted by Crippen LogP contribution is -2.12. The van der Waals surface area contributed by atoms with Crippen LogP contribution in [0.5, 0.6) is 5.75 Å². The first-order valence-corrected chi connectivity index (χ1v) is 5.40. The second kappa shape index (κ2) is 4.83. The van der Waals surface area contributed by atoms with Gasteiger partial charge in [0.25, 0.3) is 5.91 Å². The van der Waals surface area contributed by atoms with Crippen molar-refractivity contribution < 1.29 is 13.9 Å². The normalized spacial score (nSPS) is 10.1. The Hall–Kier alpha value is -2.43. The van der Waals surface area contributed by atoms with E-state index in [1.54, 1.807) is 38.3 Å². The molecule has 1 aromatic heterocycles. The third-order valence-corrected chi connectivity index (χ3v) is 2.50. The summed E-state index contributed by atoms with van der Waals surface area (Å²) in [5, 5.41) is 2.71. The molecule has 0 fully saturated rings. The number of furan rings is 1. The van der Waals surface area contributed by atoms with Crippen LogP contribution in [-0.2, 0) is 0 Å². The number of ether oxygens (including phenoxy) is 1. The van der Waals surface area contributed by atoms with Crippen LogP contribution in [0.15, 0.2) is 34.9 Å². The fourth-order valence-corrected chi connectivity index (χ4v) is 1.53. The molecule has 0 spiro atoms. The van der Waals surface area contributed by atoms with E-state index >= 15 is 0 Å². The SMILES string of the molecule is COc1ccc(N)c(NC(=O)c2coc(C)c2)c1. The van der Waals surface area contributed by atoms with Crippen LogP contribution >= 0.6 is 0 Å². The van der Waals surface area contributed by atoms with E-state index in [0.717, 1.165) is 0 Å². The molecule has 1 aromatic carbocycles. The second-order valence-corrected chi connectivity index (χ2v) is 3.85. The lowest BCUT2D eigenvalue weighted by atomic mass is 10.2. The summed E-state index contributed by atoms with van der Waals surface area (Å²) in [5.41, 5.74) is 7.22. The number of anilines is 2. The number of nitrogens with two attached hydrogens (primary N) is 1. The summed E-state index contributed by atoms with van der Waals surface area (Å²) in [7, 11) is 1.55. The zero-order valence-corrected chi connectivity index (χ0v) is 10.2. The van der Waals surface area contributed by atoms with Crippen molar-refractivity contribution in [3.05, 3.63) is 41.9 Å². The predicted octanol–water partition coefficient (Wildman–Crippen LogP) is 2.43. The zero-order chi connectivity index (χ0) is 13.1. The van der Waals surface area contributed by atoms with Crippen molar-refractivity contribution >= 4 is 17.3 Å². The molecule has 0 aliphatic rings. The Morgan fingerprint density at radius 2 is 2.17 bits per heavy atom. The van der Waals surface area contributed by atoms with Gasteiger partial charge in [-0.15, -0.1) is 0 Å². The number of hydrogen-bond acceptors (Lipinski definition) is 4. The van der Waals surface area contributed by atoms with Crippen LogP contribution in [0.2, 0.25) is 0 Å². The van der Waals surface area contributed by atoms with Crippen LogP contribution in [0.25, 0.3) is 0 Å². The summed E-state index contributed by atoms with van der Waals surface area (Å²) < 4.78 is 10.2. The number of nitrogens with one attached hydrogen (secondary N) is 1. The number of hydrogen-bond donors (Lipinski definition) is 2. The largest absolute Gasteiger partial charge is 0.497 e. The maximum Gasteiger partial charge on any atom is 0.258 e. The quantitative estimate of drug-likeness (QED) is 0.815. The van der Waals surface area contributed by atoms with E-state index in [-0.39, 0.29) is 5.91 Å². The topological polar surface area (TPSA) is 77.5 Å². The minimum absolute atomic E-state index is 0.271. The fraction of sp³-hybridized carbons (Fsp3) is 0.154. The minimum atomic E-state index is -0.271. The van der Waals surface area contributed by atoms with E-state index in [0.29, 0.717) is 28.4 Å². The van der Waals surface area contributed by atoms with Gasteiger partial charge in [-0.3, -0.25) is 4.79 Å². The summed E-state index contributed by atoms with van der Waals surface area (Å²) in [5.74, 6) is 1.04. The molecule has 0 unspecified atom stereocenters. The Morgan fingerprint density at radius 3 is 2.78 bits per heavy atom. The van der Waals surface area contributed by atoms with Crippen LogP contribution in [0.4, 0.5) is 11.4 Å². The van der Waals surface area contributed by atoms with Crippen molar-refractivity contribution in [1.82, 2.24) is 0 Å². The van der Waals surface area contributed by atoms with E-state index in [4.69, 9.17) is 14.9 Å². The Bertz CT molecular complexity index is 575. The summed E-state index contributed by atoms with van der Waals surface area (Å²) >= 11 is 0. The maximum atomic E-state index is 11.9. The molecule has 3 N–H and O–H groups in total. The van der Waals surface area contributed by atoms with Crippen LogP contribution in [-0.4, -0.2) is 13.0 Å². The molecule has 0 saturated heterocycles. The minimum Gasteiger partial charge on any atom is -0.497 e. The van der Waals surface area contributed by atoms with Gasteiger partial charge in [-0.25, -0.2) is 0 Å². The number of aryl methyl sites for hydroxylation is 1.